The van der Waals surface area contributed by atoms with E-state index in [1.807, 2.05) is 42.7 Å². The Kier molecular flexibility index (Phi) is 5.13. The Bertz CT molecular complexity index is 1380. The quantitative estimate of drug-likeness (QED) is 0.493. The van der Waals surface area contributed by atoms with Gasteiger partial charge in [-0.15, -0.1) is 5.10 Å². The van der Waals surface area contributed by atoms with Crippen molar-refractivity contribution in [3.8, 4) is 22.9 Å². The monoisotopic (exact) mass is 459 g/mol. The van der Waals surface area contributed by atoms with Gasteiger partial charge in [0.2, 0.25) is 11.8 Å². The van der Waals surface area contributed by atoms with E-state index >= 15 is 0 Å². The van der Waals surface area contributed by atoms with Crippen LogP contribution in [0.3, 0.4) is 0 Å². The highest BCUT2D eigenvalue weighted by Crippen LogP contribution is 2.35. The molecule has 2 atom stereocenters. The van der Waals surface area contributed by atoms with Crippen LogP contribution in [0.5, 0.6) is 11.8 Å². The smallest absolute Gasteiger partial charge is 0.240 e. The van der Waals surface area contributed by atoms with Crippen molar-refractivity contribution in [2.45, 2.75) is 32.4 Å². The number of fused-ring (bicyclic) bond motifs is 6. The molecule has 1 fully saturated rings. The Labute approximate surface area is 198 Å². The van der Waals surface area contributed by atoms with Gasteiger partial charge in [0.05, 0.1) is 40.8 Å². The van der Waals surface area contributed by atoms with E-state index < -0.39 is 0 Å². The van der Waals surface area contributed by atoms with Gasteiger partial charge in [0.15, 0.2) is 0 Å². The van der Waals surface area contributed by atoms with Gasteiger partial charge in [0.25, 0.3) is 0 Å². The predicted molar refractivity (Wildman–Crippen MR) is 131 cm³/mol. The zero-order valence-electron chi connectivity index (χ0n) is 19.8. The summed E-state index contributed by atoms with van der Waals surface area (Å²) in [7, 11) is 3.93. The van der Waals surface area contributed by atoms with Crippen molar-refractivity contribution in [1.82, 2.24) is 34.7 Å². The molecule has 1 N–H and O–H groups in total. The highest BCUT2D eigenvalue weighted by Gasteiger charge is 2.27. The van der Waals surface area contributed by atoms with Crippen molar-refractivity contribution in [3.63, 3.8) is 0 Å². The van der Waals surface area contributed by atoms with Gasteiger partial charge in [-0.3, -0.25) is 14.7 Å². The second-order valence-electron chi connectivity index (χ2n) is 9.03. The summed E-state index contributed by atoms with van der Waals surface area (Å²) in [5.41, 5.74) is 6.04. The first-order valence-corrected chi connectivity index (χ1v) is 11.9. The minimum atomic E-state index is 0.0971. The molecule has 176 valence electrons. The van der Waals surface area contributed by atoms with E-state index in [9.17, 15) is 0 Å². The van der Waals surface area contributed by atoms with Crippen LogP contribution in [0.15, 0.2) is 24.4 Å². The number of H-pyrrole nitrogens is 1. The molecule has 34 heavy (non-hydrogen) atoms. The van der Waals surface area contributed by atoms with Gasteiger partial charge in [0, 0.05) is 32.6 Å². The van der Waals surface area contributed by atoms with Gasteiger partial charge in [-0.25, -0.2) is 4.68 Å². The molecule has 2 aliphatic heterocycles. The Morgan fingerprint density at radius 1 is 1.21 bits per heavy atom. The van der Waals surface area contributed by atoms with Crippen LogP contribution in [0.2, 0.25) is 0 Å². The second kappa shape index (κ2) is 8.32. The largest absolute Gasteiger partial charge is 0.476 e. The number of nitrogens with one attached hydrogen (secondary N) is 1. The van der Waals surface area contributed by atoms with Crippen LogP contribution < -0.4 is 9.47 Å². The number of nitrogens with zero attached hydrogens (tertiary/aromatic N) is 6. The number of piperidine rings is 1. The number of hydrogen-bond donors (Lipinski definition) is 1. The van der Waals surface area contributed by atoms with Crippen molar-refractivity contribution < 1.29 is 9.47 Å². The minimum absolute atomic E-state index is 0.0971. The molecule has 5 heterocycles. The Hall–Kier alpha value is -3.59. The van der Waals surface area contributed by atoms with Gasteiger partial charge in [0.1, 0.15) is 6.10 Å². The maximum atomic E-state index is 6.60. The maximum Gasteiger partial charge on any atom is 0.240 e. The van der Waals surface area contributed by atoms with Gasteiger partial charge in [-0.1, -0.05) is 6.07 Å². The molecule has 1 aromatic carbocycles. The summed E-state index contributed by atoms with van der Waals surface area (Å²) in [4.78, 5) is 2.45. The van der Waals surface area contributed by atoms with E-state index in [0.717, 1.165) is 77.3 Å². The first-order chi connectivity index (χ1) is 16.6. The van der Waals surface area contributed by atoms with Gasteiger partial charge >= 0.3 is 0 Å². The average molecular weight is 460 g/mol. The number of hydrogen-bond acceptors (Lipinski definition) is 6. The SMILES string of the molecule is CCOc1nn(C)c2c1/C=C/c1n[nH]c3ccc(cc13)-c1cnn(C)c1O[C@@H]1CCCN(C2)C1. The number of aromatic amines is 1. The van der Waals surface area contributed by atoms with E-state index in [0.29, 0.717) is 12.5 Å². The van der Waals surface area contributed by atoms with Crippen LogP contribution in [-0.2, 0) is 20.6 Å². The molecule has 1 saturated heterocycles. The maximum absolute atomic E-state index is 6.60. The summed E-state index contributed by atoms with van der Waals surface area (Å²) in [6.45, 7) is 5.20. The molecule has 9 heteroatoms. The fourth-order valence-electron chi connectivity index (χ4n) is 5.02. The summed E-state index contributed by atoms with van der Waals surface area (Å²) in [6, 6.07) is 6.31. The summed E-state index contributed by atoms with van der Waals surface area (Å²) in [5, 5.41) is 18.0. The van der Waals surface area contributed by atoms with Crippen molar-refractivity contribution in [1.29, 1.82) is 0 Å². The molecule has 4 aromatic rings. The Balaban J connectivity index is 1.53. The molecule has 0 aliphatic carbocycles. The summed E-state index contributed by atoms with van der Waals surface area (Å²) < 4.78 is 16.3. The molecule has 6 rings (SSSR count). The zero-order chi connectivity index (χ0) is 23.2. The lowest BCUT2D eigenvalue weighted by molar-refractivity contribution is 0.0767. The van der Waals surface area contributed by atoms with Crippen molar-refractivity contribution in [2.24, 2.45) is 14.1 Å². The molecular formula is C25H29N7O2. The molecule has 4 bridgehead atoms. The van der Waals surface area contributed by atoms with E-state index in [1.165, 1.54) is 0 Å². The van der Waals surface area contributed by atoms with Crippen LogP contribution >= 0.6 is 0 Å². The zero-order valence-corrected chi connectivity index (χ0v) is 19.8. The molecule has 3 aromatic heterocycles. The number of aromatic nitrogens is 6. The van der Waals surface area contributed by atoms with Crippen LogP contribution in [-0.4, -0.2) is 60.5 Å². The Morgan fingerprint density at radius 3 is 3.00 bits per heavy atom. The third-order valence-corrected chi connectivity index (χ3v) is 6.76. The predicted octanol–water partition coefficient (Wildman–Crippen LogP) is 3.62. The highest BCUT2D eigenvalue weighted by atomic mass is 16.5. The van der Waals surface area contributed by atoms with Gasteiger partial charge < -0.3 is 9.47 Å². The van der Waals surface area contributed by atoms with Crippen LogP contribution in [0, 0.1) is 0 Å². The lowest BCUT2D eigenvalue weighted by Crippen LogP contribution is -2.41. The Morgan fingerprint density at radius 2 is 2.12 bits per heavy atom. The molecule has 0 saturated carbocycles. The number of ether oxygens (including phenoxy) is 2. The number of benzene rings is 1. The topological polar surface area (TPSA) is 86.0 Å². The average Bonchev–Trinajstić information content (AvgIpc) is 3.49. The second-order valence-corrected chi connectivity index (χ2v) is 9.03. The molecule has 0 amide bonds. The third kappa shape index (κ3) is 3.56. The van der Waals surface area contributed by atoms with Crippen LogP contribution in [0.1, 0.15) is 36.7 Å². The van der Waals surface area contributed by atoms with E-state index in [4.69, 9.17) is 9.47 Å². The van der Waals surface area contributed by atoms with Crippen molar-refractivity contribution in [2.75, 3.05) is 19.7 Å². The molecule has 9 nitrogen and oxygen atoms in total. The van der Waals surface area contributed by atoms with Gasteiger partial charge in [-0.05, 0) is 56.2 Å². The molecular weight excluding hydrogens is 430 g/mol. The number of aryl methyl sites for hydroxylation is 2. The first-order valence-electron chi connectivity index (χ1n) is 11.9. The lowest BCUT2D eigenvalue weighted by Gasteiger charge is -2.33. The van der Waals surface area contributed by atoms with Crippen molar-refractivity contribution >= 4 is 23.1 Å². The molecule has 0 radical (unpaired) electrons. The van der Waals surface area contributed by atoms with E-state index in [-0.39, 0.29) is 6.10 Å². The van der Waals surface area contributed by atoms with E-state index in [1.54, 1.807) is 0 Å². The normalized spacial score (nSPS) is 20.8. The van der Waals surface area contributed by atoms with Gasteiger partial charge in [-0.2, -0.15) is 10.2 Å². The van der Waals surface area contributed by atoms with Crippen LogP contribution in [0.4, 0.5) is 0 Å². The summed E-state index contributed by atoms with van der Waals surface area (Å²) in [5.74, 6) is 1.46. The summed E-state index contributed by atoms with van der Waals surface area (Å²) in [6.07, 6.45) is 8.23. The highest BCUT2D eigenvalue weighted by molar-refractivity contribution is 5.93. The molecule has 0 spiro atoms. The van der Waals surface area contributed by atoms with Crippen LogP contribution in [0.25, 0.3) is 34.2 Å². The number of rotatable bonds is 2. The minimum Gasteiger partial charge on any atom is -0.476 e. The lowest BCUT2D eigenvalue weighted by atomic mass is 10.0. The van der Waals surface area contributed by atoms with Crippen molar-refractivity contribution in [3.05, 3.63) is 41.3 Å². The third-order valence-electron chi connectivity index (χ3n) is 6.76. The summed E-state index contributed by atoms with van der Waals surface area (Å²) >= 11 is 0. The standard InChI is InChI=1S/C25H29N7O2/c1-4-33-24-18-8-10-22-19-12-16(7-9-21(19)27-28-22)20-13-26-31(3)25(20)34-17-6-5-11-32(14-17)15-23(18)30(2)29-24/h7-10,12-13,17H,4-6,11,14-15H2,1-3H3,(H,27,28)/b10-8+/t17-/m1/s1. The first kappa shape index (κ1) is 21.0. The van der Waals surface area contributed by atoms with E-state index in [2.05, 4.69) is 49.6 Å². The fraction of sp³-hybridized carbons (Fsp3) is 0.400. The molecule has 1 unspecified atom stereocenters. The molecule has 2 aliphatic rings. The fourth-order valence-corrected chi connectivity index (χ4v) is 5.02.